The summed E-state index contributed by atoms with van der Waals surface area (Å²) in [5, 5.41) is 64.2. The van der Waals surface area contributed by atoms with Gasteiger partial charge in [0.1, 0.15) is 29.2 Å². The summed E-state index contributed by atoms with van der Waals surface area (Å²) in [5.41, 5.74) is 30.6. The lowest BCUT2D eigenvalue weighted by molar-refractivity contribution is -0.144. The van der Waals surface area contributed by atoms with Crippen molar-refractivity contribution in [2.24, 2.45) is 45.9 Å². The summed E-state index contributed by atoms with van der Waals surface area (Å²) in [4.78, 5) is 208. The Kier molecular flexibility index (Phi) is 76.2. The van der Waals surface area contributed by atoms with Crippen LogP contribution in [0.3, 0.4) is 0 Å². The average molecular weight is 1940 g/mol. The molecule has 137 heavy (non-hydrogen) atoms. The second-order valence-electron chi connectivity index (χ2n) is 39.1. The van der Waals surface area contributed by atoms with E-state index in [1.165, 1.54) is 115 Å². The first-order valence-electron chi connectivity index (χ1n) is 52.8. The zero-order chi connectivity index (χ0) is 101. The Bertz CT molecular complexity index is 3530. The van der Waals surface area contributed by atoms with Crippen molar-refractivity contribution in [1.29, 1.82) is 0 Å². The molecule has 5 amide bonds. The monoisotopic (exact) mass is 1940 g/mol. The van der Waals surface area contributed by atoms with Crippen LogP contribution in [0.2, 0.25) is 0 Å². The minimum atomic E-state index is -1.18. The van der Waals surface area contributed by atoms with Gasteiger partial charge < -0.3 is 91.1 Å². The van der Waals surface area contributed by atoms with E-state index in [1.807, 2.05) is 0 Å². The normalized spacial score (nSPS) is 13.5. The van der Waals surface area contributed by atoms with E-state index in [9.17, 15) is 92.0 Å². The minimum Gasteiger partial charge on any atom is -0.481 e. The van der Waals surface area contributed by atoms with E-state index >= 15 is 0 Å². The van der Waals surface area contributed by atoms with Gasteiger partial charge in [-0.1, -0.05) is 226 Å². The molecule has 0 saturated carbocycles. The molecule has 1 rings (SSSR count). The number of unbranched alkanes of at least 4 members (excludes halogenated alkanes) is 38. The van der Waals surface area contributed by atoms with Gasteiger partial charge in [0, 0.05) is 121 Å². The molecule has 0 unspecified atom stereocenters. The third-order valence-corrected chi connectivity index (χ3v) is 26.1. The summed E-state index contributed by atoms with van der Waals surface area (Å²) in [7, 11) is 0. The Morgan fingerprint density at radius 1 is 0.321 bits per heavy atom. The molecule has 0 saturated heterocycles. The second kappa shape index (κ2) is 82.4. The third kappa shape index (κ3) is 71.7. The molecule has 0 aliphatic carbocycles. The molecule has 0 spiro atoms. The number of amides is 5. The highest BCUT2D eigenvalue weighted by atomic mass is 16.4. The van der Waals surface area contributed by atoms with Gasteiger partial charge in [-0.05, 0) is 141 Å². The van der Waals surface area contributed by atoms with Crippen LogP contribution in [0.5, 0.6) is 0 Å². The molecule has 0 radical (unpaired) electrons. The lowest BCUT2D eigenvalue weighted by Crippen LogP contribution is -2.45. The number of nitrogens with two attached hydrogens (primary N) is 5. The molecule has 1 heterocycles. The maximum absolute atomic E-state index is 14.0. The predicted molar refractivity (Wildman–Crippen MR) is 532 cm³/mol. The maximum atomic E-state index is 14.0. The van der Waals surface area contributed by atoms with Crippen molar-refractivity contribution in [3.8, 4) is 0 Å². The van der Waals surface area contributed by atoms with Gasteiger partial charge in [0.05, 0.1) is 61.0 Å². The predicted octanol–water partition coefficient (Wildman–Crippen LogP) is 14.3. The van der Waals surface area contributed by atoms with Crippen LogP contribution in [0.4, 0.5) is 0 Å². The quantitative estimate of drug-likeness (QED) is 0.0269. The first-order valence-corrected chi connectivity index (χ1v) is 52.8. The lowest BCUT2D eigenvalue weighted by Gasteiger charge is -2.26. The zero-order valence-electron chi connectivity index (χ0n) is 83.9. The van der Waals surface area contributed by atoms with Crippen molar-refractivity contribution in [2.75, 3.05) is 32.7 Å². The third-order valence-electron chi connectivity index (χ3n) is 26.1. The van der Waals surface area contributed by atoms with Crippen LogP contribution in [-0.4, -0.2) is 205 Å². The molecule has 1 aromatic heterocycles. The fraction of sp³-hybridized carbons (Fsp3) is 0.816. The molecule has 0 bridgehead atoms. The van der Waals surface area contributed by atoms with Crippen molar-refractivity contribution in [3.63, 3.8) is 0 Å². The summed E-state index contributed by atoms with van der Waals surface area (Å²) in [5.74, 6) is -9.61. The number of aromatic nitrogens is 2. The van der Waals surface area contributed by atoms with Crippen molar-refractivity contribution in [2.45, 2.75) is 486 Å². The molecule has 9 atom stereocenters. The first kappa shape index (κ1) is 127. The van der Waals surface area contributed by atoms with Crippen LogP contribution in [-0.2, 0) is 83.1 Å². The number of nitrogens with zero attached hydrogens (tertiary/aromatic N) is 1. The molecular weight excluding hydrogens is 1760 g/mol. The van der Waals surface area contributed by atoms with Crippen LogP contribution in [0.1, 0.15) is 443 Å². The van der Waals surface area contributed by atoms with E-state index in [4.69, 9.17) is 38.9 Å². The summed E-state index contributed by atoms with van der Waals surface area (Å²) < 4.78 is 0. The number of ketones is 6. The number of rotatable bonds is 99. The number of aromatic amines is 1. The van der Waals surface area contributed by atoms with Crippen LogP contribution in [0.25, 0.3) is 0 Å². The summed E-state index contributed by atoms with van der Waals surface area (Å²) in [6.45, 7) is 4.11. The van der Waals surface area contributed by atoms with Gasteiger partial charge in [-0.15, -0.1) is 0 Å². The molecule has 786 valence electrons. The summed E-state index contributed by atoms with van der Waals surface area (Å²) in [6, 6.07) is -5.99. The van der Waals surface area contributed by atoms with Crippen LogP contribution >= 0.6 is 0 Å². The van der Waals surface area contributed by atoms with Crippen molar-refractivity contribution < 1.29 is 102 Å². The van der Waals surface area contributed by atoms with E-state index in [0.717, 1.165) is 89.9 Å². The molecular formula is C103H183N13O21. The van der Waals surface area contributed by atoms with Gasteiger partial charge in [-0.25, -0.2) is 9.78 Å². The number of hydrogen-bond acceptors (Lipinski definition) is 23. The largest absolute Gasteiger partial charge is 0.481 e. The number of imidazole rings is 1. The maximum Gasteiger partial charge on any atom is 0.326 e. The number of H-pyrrole nitrogens is 1. The number of Topliss-reactive ketones (excluding diaryl/α,β-unsaturated/α-hetero) is 6. The fourth-order valence-corrected chi connectivity index (χ4v) is 16.9. The standard InChI is InChI=1S/C103H183N13O21/c1-103(2,73-91(121)86(108)72-79-74-109-76-115-79)92(122)75-114-87(56-44-48-70-113-98(130)84(106)54-36-32-37-57-89(119)82(104)52-42-46-67-110-93(123)66-62-78(101(134)135)71-81(118)51-33-27-23-19-15-11-7-3-5-9-13-17-21-25-29-39-59-95(125)126)90(120)65-61-77(100(132)133)49-41-45-68-111-99(131)85(107)55-43-47-69-112-97(129)83(105)53-35-31-34-50-80(117)63-64-88(102(136)137)116-94(124)58-38-28-24-20-16-12-8-4-6-10-14-18-22-26-30-40-60-96(127)128/h74,76-78,82-88,114H,3-73,75,104-108H2,1-2H3,(H,109,115)(H,110,123)(H,111,131)(H,112,129)(H,113,130)(H,116,124)(H,125,126)(H,127,128)(H,132,133)(H,134,135)(H,136,137)/t77-,78-,82+,83+,84+,85+,86+,87+,88+/m1/s1. The first-order chi connectivity index (χ1) is 65.6. The number of nitrogens with one attached hydrogen (secondary N) is 7. The van der Waals surface area contributed by atoms with Gasteiger partial charge in [0.2, 0.25) is 29.5 Å². The number of carbonyl (C=O) groups excluding carboxylic acids is 11. The number of carboxylic acid groups (broad SMARTS) is 5. The molecule has 34 heteroatoms. The van der Waals surface area contributed by atoms with Crippen molar-refractivity contribution in [3.05, 3.63) is 18.2 Å². The molecule has 0 aliphatic rings. The van der Waals surface area contributed by atoms with Crippen LogP contribution in [0, 0.1) is 17.3 Å². The molecule has 0 aromatic carbocycles. The van der Waals surface area contributed by atoms with Crippen molar-refractivity contribution >= 4 is 94.1 Å². The van der Waals surface area contributed by atoms with Gasteiger partial charge in [-0.3, -0.25) is 71.9 Å². The van der Waals surface area contributed by atoms with Gasteiger partial charge >= 0.3 is 29.8 Å². The Hall–Kier alpha value is -8.31. The highest BCUT2D eigenvalue weighted by Gasteiger charge is 2.34. The zero-order valence-corrected chi connectivity index (χ0v) is 83.9. The smallest absolute Gasteiger partial charge is 0.326 e. The SMILES string of the molecule is CC(C)(CC(=O)[C@@H](N)Cc1cnc[nH]1)C(=O)CN[C@@H](CCCCNC(=O)[C@@H](N)CCCCCC(=O)[C@@H](N)CCCCNC(=O)CC[C@H](CC(=O)CCCCCCCCCCCCCCCCCCC(=O)O)C(=O)O)C(=O)CC[C@@H](CCCCNC(=O)[C@@H](N)CCCCNC(=O)[C@@H](N)CCCCCC(=O)CC[C@H](NC(=O)CCCCCCCCCCCCCCCCCCC(=O)O)C(=O)O)C(=O)O. The highest BCUT2D eigenvalue weighted by Crippen LogP contribution is 2.26. The Morgan fingerprint density at radius 3 is 1.10 bits per heavy atom. The number of aliphatic carboxylic acids is 5. The Labute approximate surface area is 817 Å². The molecule has 0 aliphatic heterocycles. The van der Waals surface area contributed by atoms with E-state index in [-0.39, 0.29) is 187 Å². The van der Waals surface area contributed by atoms with E-state index in [1.54, 1.807) is 20.0 Å². The molecule has 1 aromatic rings. The van der Waals surface area contributed by atoms with Gasteiger partial charge in [0.15, 0.2) is 11.6 Å². The number of carboxylic acids is 5. The topological polar surface area (TPSA) is 605 Å². The summed E-state index contributed by atoms with van der Waals surface area (Å²) in [6.07, 6.45) is 49.2. The summed E-state index contributed by atoms with van der Waals surface area (Å²) >= 11 is 0. The molecule has 22 N–H and O–H groups in total. The Balaban J connectivity index is 2.44. The number of hydrogen-bond donors (Lipinski definition) is 17. The van der Waals surface area contributed by atoms with E-state index in [0.29, 0.717) is 147 Å². The average Bonchev–Trinajstić information content (AvgIpc) is 1.59. The fourth-order valence-electron chi connectivity index (χ4n) is 16.9. The van der Waals surface area contributed by atoms with E-state index in [2.05, 4.69) is 41.9 Å². The van der Waals surface area contributed by atoms with Crippen molar-refractivity contribution in [1.82, 2.24) is 41.9 Å². The van der Waals surface area contributed by atoms with Crippen LogP contribution < -0.4 is 60.6 Å². The van der Waals surface area contributed by atoms with E-state index < -0.39 is 89.4 Å². The molecule has 34 nitrogen and oxygen atoms in total. The van der Waals surface area contributed by atoms with Crippen LogP contribution in [0.15, 0.2) is 12.5 Å². The highest BCUT2D eigenvalue weighted by molar-refractivity contribution is 5.94. The molecule has 0 fully saturated rings. The van der Waals surface area contributed by atoms with Gasteiger partial charge in [-0.2, -0.15) is 0 Å². The van der Waals surface area contributed by atoms with Gasteiger partial charge in [0.25, 0.3) is 0 Å². The lowest BCUT2D eigenvalue weighted by atomic mass is 9.81. The minimum absolute atomic E-state index is 0.00577. The second-order valence-corrected chi connectivity index (χ2v) is 39.1. The Morgan fingerprint density at radius 2 is 0.686 bits per heavy atom. The number of carbonyl (C=O) groups is 16.